The zero-order chi connectivity index (χ0) is 24.3. The first-order chi connectivity index (χ1) is 15.7. The Morgan fingerprint density at radius 2 is 1.85 bits per heavy atom. The van der Waals surface area contributed by atoms with Crippen LogP contribution in [0.3, 0.4) is 0 Å². The molecule has 0 saturated carbocycles. The van der Waals surface area contributed by atoms with Crippen molar-refractivity contribution in [1.82, 2.24) is 9.80 Å². The molecule has 0 aromatic heterocycles. The van der Waals surface area contributed by atoms with E-state index in [1.165, 1.54) is 12.1 Å². The molecule has 0 fully saturated rings. The quantitative estimate of drug-likeness (QED) is 0.649. The number of methoxy groups -OCH3 is 1. The number of urea groups is 1. The molecule has 0 radical (unpaired) electrons. The Morgan fingerprint density at radius 1 is 1.15 bits per heavy atom. The van der Waals surface area contributed by atoms with Gasteiger partial charge in [0.2, 0.25) is 5.91 Å². The molecular formula is C26H34FN3O3. The van der Waals surface area contributed by atoms with E-state index in [2.05, 4.69) is 5.32 Å². The van der Waals surface area contributed by atoms with Crippen LogP contribution in [0.4, 0.5) is 14.9 Å². The Bertz CT molecular complexity index is 1050. The maximum Gasteiger partial charge on any atom is 0.320 e. The summed E-state index contributed by atoms with van der Waals surface area (Å²) in [6.07, 6.45) is 0.599. The van der Waals surface area contributed by atoms with Crippen LogP contribution in [-0.2, 0) is 17.8 Å². The molecule has 0 aliphatic carbocycles. The van der Waals surface area contributed by atoms with Crippen LogP contribution in [0.1, 0.15) is 44.4 Å². The zero-order valence-electron chi connectivity index (χ0n) is 20.4. The van der Waals surface area contributed by atoms with Crippen LogP contribution in [-0.4, -0.2) is 48.5 Å². The Morgan fingerprint density at radius 3 is 2.45 bits per heavy atom. The summed E-state index contributed by atoms with van der Waals surface area (Å²) in [5.41, 5.74) is 5.05. The van der Waals surface area contributed by atoms with Gasteiger partial charge in [-0.05, 0) is 73.7 Å². The van der Waals surface area contributed by atoms with Crippen molar-refractivity contribution in [2.45, 2.75) is 47.6 Å². The summed E-state index contributed by atoms with van der Waals surface area (Å²) in [4.78, 5) is 29.3. The van der Waals surface area contributed by atoms with Gasteiger partial charge in [0, 0.05) is 43.3 Å². The number of ether oxygens (including phenoxy) is 1. The topological polar surface area (TPSA) is 61.9 Å². The normalized spacial score (nSPS) is 13.0. The predicted octanol–water partition coefficient (Wildman–Crippen LogP) is 5.22. The van der Waals surface area contributed by atoms with Crippen molar-refractivity contribution in [3.63, 3.8) is 0 Å². The Balaban J connectivity index is 2.17. The fraction of sp³-hybridized carbons (Fsp3) is 0.462. The van der Waals surface area contributed by atoms with Gasteiger partial charge in [-0.25, -0.2) is 9.18 Å². The highest BCUT2D eigenvalue weighted by Crippen LogP contribution is 2.41. The number of anilines is 1. The monoisotopic (exact) mass is 455 g/mol. The highest BCUT2D eigenvalue weighted by molar-refractivity contribution is 5.95. The second kappa shape index (κ2) is 10.2. The third-order valence-electron chi connectivity index (χ3n) is 6.26. The molecule has 0 saturated heterocycles. The molecule has 0 spiro atoms. The summed E-state index contributed by atoms with van der Waals surface area (Å²) in [5, 5.41) is 3.08. The van der Waals surface area contributed by atoms with E-state index in [4.69, 9.17) is 4.74 Å². The van der Waals surface area contributed by atoms with E-state index in [1.807, 2.05) is 45.6 Å². The molecule has 2 aromatic rings. The molecule has 3 amide bonds. The lowest BCUT2D eigenvalue weighted by Gasteiger charge is -2.35. The zero-order valence-corrected chi connectivity index (χ0v) is 20.4. The molecule has 0 bridgehead atoms. The standard InChI is InChI=1S/C26H34FN3O3/c1-7-29(8-2)26(32)30-12-11-19-20(21-14-18(27)9-10-23(21)33-6)13-17(5)24(22(19)15-30)28-25(31)16(3)4/h9-10,13-14,16H,7-8,11-12,15H2,1-6H3,(H,28,31). The molecule has 3 rings (SSSR count). The number of hydrogen-bond donors (Lipinski definition) is 1. The number of rotatable bonds is 6. The molecule has 0 unspecified atom stereocenters. The summed E-state index contributed by atoms with van der Waals surface area (Å²) in [6.45, 7) is 11.7. The first kappa shape index (κ1) is 24.6. The van der Waals surface area contributed by atoms with Gasteiger partial charge >= 0.3 is 6.03 Å². The SMILES string of the molecule is CCN(CC)C(=O)N1CCc2c(-c3cc(F)ccc3OC)cc(C)c(NC(=O)C(C)C)c2C1. The summed E-state index contributed by atoms with van der Waals surface area (Å²) < 4.78 is 19.7. The van der Waals surface area contributed by atoms with Crippen LogP contribution in [0.2, 0.25) is 0 Å². The average molecular weight is 456 g/mol. The summed E-state index contributed by atoms with van der Waals surface area (Å²) in [6, 6.07) is 6.45. The van der Waals surface area contributed by atoms with E-state index < -0.39 is 0 Å². The number of carbonyl (C=O) groups is 2. The number of fused-ring (bicyclic) bond motifs is 1. The van der Waals surface area contributed by atoms with Gasteiger partial charge in [-0.2, -0.15) is 0 Å². The van der Waals surface area contributed by atoms with Crippen molar-refractivity contribution < 1.29 is 18.7 Å². The van der Waals surface area contributed by atoms with Gasteiger partial charge < -0.3 is 19.9 Å². The smallest absolute Gasteiger partial charge is 0.320 e. The molecule has 6 nitrogen and oxygen atoms in total. The van der Waals surface area contributed by atoms with Gasteiger partial charge in [0.15, 0.2) is 0 Å². The van der Waals surface area contributed by atoms with Gasteiger partial charge in [0.1, 0.15) is 11.6 Å². The van der Waals surface area contributed by atoms with Gasteiger partial charge in [-0.15, -0.1) is 0 Å². The number of nitrogens with one attached hydrogen (secondary N) is 1. The Labute approximate surface area is 195 Å². The summed E-state index contributed by atoms with van der Waals surface area (Å²) in [7, 11) is 1.57. The minimum absolute atomic E-state index is 0.0156. The average Bonchev–Trinajstić information content (AvgIpc) is 2.80. The van der Waals surface area contributed by atoms with E-state index >= 15 is 0 Å². The largest absolute Gasteiger partial charge is 0.496 e. The minimum Gasteiger partial charge on any atom is -0.496 e. The van der Waals surface area contributed by atoms with Gasteiger partial charge in [0.25, 0.3) is 0 Å². The van der Waals surface area contributed by atoms with E-state index in [0.29, 0.717) is 43.9 Å². The van der Waals surface area contributed by atoms with Crippen LogP contribution in [0.25, 0.3) is 11.1 Å². The van der Waals surface area contributed by atoms with Crippen molar-refractivity contribution in [2.75, 3.05) is 32.1 Å². The Kier molecular flexibility index (Phi) is 7.61. The van der Waals surface area contributed by atoms with E-state index in [1.54, 1.807) is 18.1 Å². The lowest BCUT2D eigenvalue weighted by Crippen LogP contribution is -2.45. The molecule has 1 aliphatic rings. The number of halogens is 1. The molecule has 33 heavy (non-hydrogen) atoms. The van der Waals surface area contributed by atoms with Crippen LogP contribution in [0, 0.1) is 18.7 Å². The third kappa shape index (κ3) is 4.97. The van der Waals surface area contributed by atoms with E-state index in [9.17, 15) is 14.0 Å². The second-order valence-electron chi connectivity index (χ2n) is 8.69. The lowest BCUT2D eigenvalue weighted by atomic mass is 9.86. The van der Waals surface area contributed by atoms with Crippen molar-refractivity contribution in [1.29, 1.82) is 0 Å². The summed E-state index contributed by atoms with van der Waals surface area (Å²) >= 11 is 0. The van der Waals surface area contributed by atoms with Crippen molar-refractivity contribution in [3.8, 4) is 16.9 Å². The molecule has 1 heterocycles. The van der Waals surface area contributed by atoms with Gasteiger partial charge in [-0.1, -0.05) is 13.8 Å². The maximum absolute atomic E-state index is 14.2. The number of benzene rings is 2. The minimum atomic E-state index is -0.344. The molecule has 1 N–H and O–H groups in total. The maximum atomic E-state index is 14.2. The van der Waals surface area contributed by atoms with Crippen LogP contribution >= 0.6 is 0 Å². The number of carbonyl (C=O) groups excluding carboxylic acids is 2. The van der Waals surface area contributed by atoms with Crippen LogP contribution in [0.5, 0.6) is 5.75 Å². The molecule has 7 heteroatoms. The lowest BCUT2D eigenvalue weighted by molar-refractivity contribution is -0.118. The molecule has 1 aliphatic heterocycles. The van der Waals surface area contributed by atoms with Crippen molar-refractivity contribution in [3.05, 3.63) is 46.8 Å². The highest BCUT2D eigenvalue weighted by atomic mass is 19.1. The fourth-order valence-electron chi connectivity index (χ4n) is 4.33. The van der Waals surface area contributed by atoms with Gasteiger partial charge in [-0.3, -0.25) is 4.79 Å². The summed E-state index contributed by atoms with van der Waals surface area (Å²) in [5.74, 6) is -0.0224. The van der Waals surface area contributed by atoms with Crippen LogP contribution in [0.15, 0.2) is 24.3 Å². The van der Waals surface area contributed by atoms with E-state index in [-0.39, 0.29) is 23.7 Å². The first-order valence-electron chi connectivity index (χ1n) is 11.6. The number of hydrogen-bond acceptors (Lipinski definition) is 3. The predicted molar refractivity (Wildman–Crippen MR) is 129 cm³/mol. The molecule has 2 aromatic carbocycles. The molecule has 178 valence electrons. The second-order valence-corrected chi connectivity index (χ2v) is 8.69. The first-order valence-corrected chi connectivity index (χ1v) is 11.6. The highest BCUT2D eigenvalue weighted by Gasteiger charge is 2.29. The fourth-order valence-corrected chi connectivity index (χ4v) is 4.33. The number of aryl methyl sites for hydroxylation is 1. The molecule has 0 atom stereocenters. The van der Waals surface area contributed by atoms with E-state index in [0.717, 1.165) is 27.9 Å². The van der Waals surface area contributed by atoms with Gasteiger partial charge in [0.05, 0.1) is 7.11 Å². The van der Waals surface area contributed by atoms with Crippen molar-refractivity contribution in [2.24, 2.45) is 5.92 Å². The molecular weight excluding hydrogens is 421 g/mol. The number of nitrogens with zero attached hydrogens (tertiary/aromatic N) is 2. The number of amides is 3. The van der Waals surface area contributed by atoms with Crippen LogP contribution < -0.4 is 10.1 Å². The third-order valence-corrected chi connectivity index (χ3v) is 6.26. The Hall–Kier alpha value is -3.09. The van der Waals surface area contributed by atoms with Crippen molar-refractivity contribution >= 4 is 17.6 Å².